The molecule has 1 aliphatic carbocycles. The van der Waals surface area contributed by atoms with Crippen LogP contribution in [0, 0.1) is 5.82 Å². The summed E-state index contributed by atoms with van der Waals surface area (Å²) < 4.78 is 14.4. The largest absolute Gasteiger partial charge is 0.368 e. The number of carbonyl (C=O) groups excluding carboxylic acids is 1. The van der Waals surface area contributed by atoms with Crippen molar-refractivity contribution in [3.05, 3.63) is 70.5 Å². The summed E-state index contributed by atoms with van der Waals surface area (Å²) in [4.78, 5) is 14.5. The molecule has 2 aromatic rings. The van der Waals surface area contributed by atoms with Crippen molar-refractivity contribution in [3.8, 4) is 0 Å². The number of carbonyl (C=O) groups is 1. The molecule has 1 unspecified atom stereocenters. The van der Waals surface area contributed by atoms with Crippen LogP contribution in [0.3, 0.4) is 0 Å². The number of hydrogen-bond acceptors (Lipinski definition) is 5. The van der Waals surface area contributed by atoms with Crippen LogP contribution in [0.4, 0.5) is 4.39 Å². The smallest absolute Gasteiger partial charge is 0.256 e. The Labute approximate surface area is 168 Å². The third kappa shape index (κ3) is 3.63. The van der Waals surface area contributed by atoms with Gasteiger partial charge in [0.25, 0.3) is 5.91 Å². The molecule has 1 atom stereocenters. The predicted octanol–water partition coefficient (Wildman–Crippen LogP) is 1.94. The Kier molecular flexibility index (Phi) is 4.56. The van der Waals surface area contributed by atoms with E-state index >= 15 is 0 Å². The van der Waals surface area contributed by atoms with Crippen LogP contribution >= 0.6 is 0 Å². The highest BCUT2D eigenvalue weighted by Crippen LogP contribution is 2.25. The van der Waals surface area contributed by atoms with Crippen molar-refractivity contribution in [1.29, 1.82) is 0 Å². The number of nitrogens with one attached hydrogen (secondary N) is 2. The van der Waals surface area contributed by atoms with E-state index in [0.29, 0.717) is 31.6 Å². The molecule has 1 saturated heterocycles. The van der Waals surface area contributed by atoms with E-state index < -0.39 is 12.0 Å². The van der Waals surface area contributed by atoms with E-state index in [2.05, 4.69) is 15.8 Å². The number of hydrazone groups is 1. The van der Waals surface area contributed by atoms with Gasteiger partial charge in [0.05, 0.1) is 11.3 Å². The third-order valence-electron chi connectivity index (χ3n) is 5.74. The molecule has 5 rings (SSSR count). The monoisotopic (exact) mass is 394 g/mol. The standard InChI is InChI=1S/C22H23FN4O2/c23-19-8-5-13(10-20-16-3-1-2-4-17(16)21(28)26-25-20)9-18(19)22(29)27-11-15(12-27)24-14-6-7-14/h1-5,8-9,14-15,21,24,26,28H,6-7,10-12H2. The highest BCUT2D eigenvalue weighted by atomic mass is 19.1. The van der Waals surface area contributed by atoms with Crippen LogP contribution < -0.4 is 10.7 Å². The maximum absolute atomic E-state index is 14.4. The molecular weight excluding hydrogens is 371 g/mol. The minimum Gasteiger partial charge on any atom is -0.368 e. The maximum atomic E-state index is 14.4. The Hall–Kier alpha value is -2.77. The zero-order chi connectivity index (χ0) is 20.0. The van der Waals surface area contributed by atoms with Gasteiger partial charge in [0, 0.05) is 42.7 Å². The zero-order valence-electron chi connectivity index (χ0n) is 15.9. The van der Waals surface area contributed by atoms with Crippen molar-refractivity contribution in [2.24, 2.45) is 5.10 Å². The first-order valence-electron chi connectivity index (χ1n) is 10.0. The van der Waals surface area contributed by atoms with Crippen LogP contribution in [-0.4, -0.2) is 46.8 Å². The van der Waals surface area contributed by atoms with Gasteiger partial charge in [0.2, 0.25) is 0 Å². The summed E-state index contributed by atoms with van der Waals surface area (Å²) in [6, 6.07) is 13.1. The van der Waals surface area contributed by atoms with E-state index in [9.17, 15) is 14.3 Å². The lowest BCUT2D eigenvalue weighted by molar-refractivity contribution is 0.0560. The van der Waals surface area contributed by atoms with E-state index in [1.165, 1.54) is 18.9 Å². The molecule has 1 amide bonds. The average molecular weight is 394 g/mol. The highest BCUT2D eigenvalue weighted by molar-refractivity contribution is 6.04. The highest BCUT2D eigenvalue weighted by Gasteiger charge is 2.35. The SMILES string of the molecule is O=C(c1cc(CC2=NNC(O)c3ccccc32)ccc1F)N1CC(NC2CC2)C1. The quantitative estimate of drug-likeness (QED) is 0.725. The van der Waals surface area contributed by atoms with Crippen molar-refractivity contribution in [2.75, 3.05) is 13.1 Å². The minimum atomic E-state index is -0.844. The number of likely N-dealkylation sites (tertiary alicyclic amines) is 1. The lowest BCUT2D eigenvalue weighted by Gasteiger charge is -2.40. The normalized spacial score (nSPS) is 21.1. The number of aliphatic hydroxyl groups is 1. The van der Waals surface area contributed by atoms with E-state index in [4.69, 9.17) is 0 Å². The Morgan fingerprint density at radius 3 is 2.79 bits per heavy atom. The lowest BCUT2D eigenvalue weighted by Crippen LogP contribution is -2.60. The summed E-state index contributed by atoms with van der Waals surface area (Å²) in [6.45, 7) is 1.25. The molecule has 0 aromatic heterocycles. The summed E-state index contributed by atoms with van der Waals surface area (Å²) in [7, 11) is 0. The van der Waals surface area contributed by atoms with Gasteiger partial charge in [0.1, 0.15) is 5.82 Å². The molecule has 150 valence electrons. The summed E-state index contributed by atoms with van der Waals surface area (Å²) in [5.74, 6) is -0.769. The van der Waals surface area contributed by atoms with Crippen molar-refractivity contribution in [3.63, 3.8) is 0 Å². The van der Waals surface area contributed by atoms with Gasteiger partial charge in [-0.2, -0.15) is 5.10 Å². The minimum absolute atomic E-state index is 0.102. The molecule has 2 aromatic carbocycles. The Balaban J connectivity index is 1.32. The summed E-state index contributed by atoms with van der Waals surface area (Å²) in [5, 5.41) is 17.8. The van der Waals surface area contributed by atoms with Gasteiger partial charge in [0.15, 0.2) is 6.23 Å². The van der Waals surface area contributed by atoms with Gasteiger partial charge >= 0.3 is 0 Å². The van der Waals surface area contributed by atoms with E-state index in [0.717, 1.165) is 22.4 Å². The van der Waals surface area contributed by atoms with Gasteiger partial charge in [-0.1, -0.05) is 30.3 Å². The Morgan fingerprint density at radius 1 is 1.21 bits per heavy atom. The van der Waals surface area contributed by atoms with Crippen LogP contribution in [0.15, 0.2) is 47.6 Å². The lowest BCUT2D eigenvalue weighted by atomic mass is 9.95. The summed E-state index contributed by atoms with van der Waals surface area (Å²) >= 11 is 0. The second-order valence-corrected chi connectivity index (χ2v) is 8.02. The van der Waals surface area contributed by atoms with Gasteiger partial charge in [-0.05, 0) is 30.5 Å². The fourth-order valence-corrected chi connectivity index (χ4v) is 3.94. The number of hydrogen-bond donors (Lipinski definition) is 3. The molecule has 0 spiro atoms. The molecule has 2 heterocycles. The predicted molar refractivity (Wildman–Crippen MR) is 107 cm³/mol. The second kappa shape index (κ2) is 7.24. The summed E-state index contributed by atoms with van der Waals surface area (Å²) in [5.41, 5.74) is 5.96. The molecule has 2 aliphatic heterocycles. The Bertz CT molecular complexity index is 983. The molecule has 0 radical (unpaired) electrons. The van der Waals surface area contributed by atoms with Crippen LogP contribution in [0.2, 0.25) is 0 Å². The third-order valence-corrected chi connectivity index (χ3v) is 5.74. The number of rotatable bonds is 5. The molecule has 3 aliphatic rings. The molecule has 6 nitrogen and oxygen atoms in total. The first-order valence-corrected chi connectivity index (χ1v) is 10.0. The maximum Gasteiger partial charge on any atom is 0.256 e. The van der Waals surface area contributed by atoms with Crippen LogP contribution in [0.25, 0.3) is 0 Å². The van der Waals surface area contributed by atoms with E-state index in [1.807, 2.05) is 24.3 Å². The number of benzene rings is 2. The number of amides is 1. The van der Waals surface area contributed by atoms with E-state index in [-0.39, 0.29) is 11.5 Å². The van der Waals surface area contributed by atoms with Gasteiger partial charge < -0.3 is 15.3 Å². The second-order valence-electron chi connectivity index (χ2n) is 8.02. The van der Waals surface area contributed by atoms with Crippen molar-refractivity contribution in [2.45, 2.75) is 37.6 Å². The molecule has 2 fully saturated rings. The molecule has 29 heavy (non-hydrogen) atoms. The summed E-state index contributed by atoms with van der Waals surface area (Å²) in [6.07, 6.45) is 2.01. The van der Waals surface area contributed by atoms with Gasteiger partial charge in [-0.25, -0.2) is 4.39 Å². The number of fused-ring (bicyclic) bond motifs is 1. The molecule has 1 saturated carbocycles. The van der Waals surface area contributed by atoms with Crippen LogP contribution in [0.5, 0.6) is 0 Å². The van der Waals surface area contributed by atoms with Crippen molar-refractivity contribution >= 4 is 11.6 Å². The fourth-order valence-electron chi connectivity index (χ4n) is 3.94. The first-order chi connectivity index (χ1) is 14.1. The topological polar surface area (TPSA) is 77.0 Å². The van der Waals surface area contributed by atoms with Crippen LogP contribution in [-0.2, 0) is 6.42 Å². The first kappa shape index (κ1) is 18.3. The number of aliphatic hydroxyl groups excluding tert-OH is 1. The van der Waals surface area contributed by atoms with Crippen LogP contribution in [0.1, 0.15) is 46.1 Å². The Morgan fingerprint density at radius 2 is 2.00 bits per heavy atom. The van der Waals surface area contributed by atoms with Gasteiger partial charge in [-0.3, -0.25) is 10.2 Å². The van der Waals surface area contributed by atoms with Gasteiger partial charge in [-0.15, -0.1) is 0 Å². The van der Waals surface area contributed by atoms with Crippen molar-refractivity contribution < 1.29 is 14.3 Å². The molecular formula is C22H23FN4O2. The fraction of sp³-hybridized carbons (Fsp3) is 0.364. The molecule has 7 heteroatoms. The average Bonchev–Trinajstić information content (AvgIpc) is 3.52. The molecule has 0 bridgehead atoms. The zero-order valence-corrected chi connectivity index (χ0v) is 15.9. The number of halogens is 1. The molecule has 3 N–H and O–H groups in total. The van der Waals surface area contributed by atoms with Crippen molar-refractivity contribution in [1.82, 2.24) is 15.6 Å². The number of nitrogens with zero attached hydrogens (tertiary/aromatic N) is 2. The van der Waals surface area contributed by atoms with E-state index in [1.54, 1.807) is 17.0 Å².